The van der Waals surface area contributed by atoms with Gasteiger partial charge in [0.05, 0.1) is 0 Å². The molecule has 1 nitrogen and oxygen atoms in total. The van der Waals surface area contributed by atoms with Crippen molar-refractivity contribution in [2.75, 3.05) is 14.1 Å². The van der Waals surface area contributed by atoms with E-state index in [9.17, 15) is 0 Å². The number of hydrogen-bond acceptors (Lipinski definition) is 1. The van der Waals surface area contributed by atoms with Crippen molar-refractivity contribution in [2.45, 2.75) is 19.9 Å². The molecule has 1 rings (SSSR count). The molecule has 12 heavy (non-hydrogen) atoms. The lowest BCUT2D eigenvalue weighted by atomic mass is 10.0. The molecule has 0 bridgehead atoms. The Morgan fingerprint density at radius 2 is 1.75 bits per heavy atom. The van der Waals surface area contributed by atoms with Crippen molar-refractivity contribution in [3.05, 3.63) is 35.4 Å². The molecule has 0 heterocycles. The minimum Gasteiger partial charge on any atom is -0.303 e. The van der Waals surface area contributed by atoms with Gasteiger partial charge in [0.1, 0.15) is 0 Å². The quantitative estimate of drug-likeness (QED) is 0.647. The van der Waals surface area contributed by atoms with Crippen LogP contribution in [0.4, 0.5) is 0 Å². The minimum atomic E-state index is 0.506. The highest BCUT2D eigenvalue weighted by atomic mass is 15.1. The third kappa shape index (κ3) is 1.86. The predicted molar refractivity (Wildman–Crippen MR) is 53.3 cm³/mol. The summed E-state index contributed by atoms with van der Waals surface area (Å²) in [5.41, 5.74) is 2.79. The predicted octanol–water partition coefficient (Wildman–Crippen LogP) is 2.62. The number of hydrogen-bond donors (Lipinski definition) is 0. The number of nitrogens with zero attached hydrogens (tertiary/aromatic N) is 1. The molecule has 1 aromatic rings. The summed E-state index contributed by atoms with van der Waals surface area (Å²) < 4.78 is 0. The lowest BCUT2D eigenvalue weighted by molar-refractivity contribution is 0.320. The van der Waals surface area contributed by atoms with E-state index in [1.165, 1.54) is 11.1 Å². The zero-order valence-corrected chi connectivity index (χ0v) is 8.33. The molecule has 0 saturated heterocycles. The molecule has 1 aromatic carbocycles. The van der Waals surface area contributed by atoms with Crippen molar-refractivity contribution in [3.63, 3.8) is 0 Å². The first kappa shape index (κ1) is 9.27. The summed E-state index contributed by atoms with van der Waals surface area (Å²) >= 11 is 0. The van der Waals surface area contributed by atoms with Crippen molar-refractivity contribution >= 4 is 0 Å². The Kier molecular flexibility index (Phi) is 2.88. The molecule has 0 aliphatic carbocycles. The van der Waals surface area contributed by atoms with E-state index in [0.717, 1.165) is 0 Å². The van der Waals surface area contributed by atoms with Gasteiger partial charge in [-0.3, -0.25) is 0 Å². The fraction of sp³-hybridized carbons (Fsp3) is 0.455. The van der Waals surface area contributed by atoms with Crippen LogP contribution < -0.4 is 0 Å². The standard InChI is InChI=1S/C11H17N/c1-9-7-5-6-8-11(9)10(2)12(3)4/h5-8,10H,1-4H3. The Hall–Kier alpha value is -0.820. The van der Waals surface area contributed by atoms with E-state index in [1.807, 2.05) is 0 Å². The molecule has 0 aromatic heterocycles. The summed E-state index contributed by atoms with van der Waals surface area (Å²) in [4.78, 5) is 2.22. The van der Waals surface area contributed by atoms with Crippen LogP contribution in [0.1, 0.15) is 24.1 Å². The summed E-state index contributed by atoms with van der Waals surface area (Å²) in [6, 6.07) is 9.05. The van der Waals surface area contributed by atoms with Gasteiger partial charge in [-0.15, -0.1) is 0 Å². The molecule has 0 aliphatic rings. The summed E-state index contributed by atoms with van der Waals surface area (Å²) in [5, 5.41) is 0. The monoisotopic (exact) mass is 163 g/mol. The van der Waals surface area contributed by atoms with Gasteiger partial charge in [-0.25, -0.2) is 0 Å². The first-order valence-corrected chi connectivity index (χ1v) is 4.35. The fourth-order valence-corrected chi connectivity index (χ4v) is 1.33. The Morgan fingerprint density at radius 3 is 2.25 bits per heavy atom. The highest BCUT2D eigenvalue weighted by Crippen LogP contribution is 2.20. The molecular formula is C11H17N. The van der Waals surface area contributed by atoms with Crippen LogP contribution in [0.2, 0.25) is 0 Å². The van der Waals surface area contributed by atoms with Crippen LogP contribution >= 0.6 is 0 Å². The zero-order chi connectivity index (χ0) is 9.14. The molecular weight excluding hydrogens is 146 g/mol. The highest BCUT2D eigenvalue weighted by molar-refractivity contribution is 5.28. The molecule has 1 heteroatoms. The van der Waals surface area contributed by atoms with Gasteiger partial charge in [-0.1, -0.05) is 24.3 Å². The average Bonchev–Trinajstić information content (AvgIpc) is 2.04. The minimum absolute atomic E-state index is 0.506. The van der Waals surface area contributed by atoms with Crippen molar-refractivity contribution in [1.29, 1.82) is 0 Å². The van der Waals surface area contributed by atoms with E-state index >= 15 is 0 Å². The van der Waals surface area contributed by atoms with Gasteiger partial charge in [0.2, 0.25) is 0 Å². The van der Waals surface area contributed by atoms with Gasteiger partial charge in [-0.05, 0) is 39.1 Å². The molecule has 1 unspecified atom stereocenters. The normalized spacial score (nSPS) is 13.4. The first-order valence-electron chi connectivity index (χ1n) is 4.35. The van der Waals surface area contributed by atoms with Crippen LogP contribution in [0.5, 0.6) is 0 Å². The van der Waals surface area contributed by atoms with Crippen LogP contribution in [0, 0.1) is 6.92 Å². The van der Waals surface area contributed by atoms with Crippen LogP contribution in [0.15, 0.2) is 24.3 Å². The maximum Gasteiger partial charge on any atom is 0.0316 e. The summed E-state index contributed by atoms with van der Waals surface area (Å²) in [6.45, 7) is 4.39. The number of aryl methyl sites for hydroxylation is 1. The van der Waals surface area contributed by atoms with Crippen LogP contribution in [0.25, 0.3) is 0 Å². The fourth-order valence-electron chi connectivity index (χ4n) is 1.33. The first-order chi connectivity index (χ1) is 5.63. The van der Waals surface area contributed by atoms with Crippen LogP contribution in [-0.2, 0) is 0 Å². The van der Waals surface area contributed by atoms with E-state index in [4.69, 9.17) is 0 Å². The van der Waals surface area contributed by atoms with Gasteiger partial charge >= 0.3 is 0 Å². The Bertz CT molecular complexity index is 253. The lowest BCUT2D eigenvalue weighted by Crippen LogP contribution is -2.17. The number of rotatable bonds is 2. The maximum absolute atomic E-state index is 2.22. The summed E-state index contributed by atoms with van der Waals surface area (Å²) in [6.07, 6.45) is 0. The Labute approximate surface area is 75.0 Å². The molecule has 1 atom stereocenters. The van der Waals surface area contributed by atoms with Crippen molar-refractivity contribution in [2.24, 2.45) is 0 Å². The topological polar surface area (TPSA) is 3.24 Å². The van der Waals surface area contributed by atoms with Crippen LogP contribution in [-0.4, -0.2) is 19.0 Å². The van der Waals surface area contributed by atoms with Crippen molar-refractivity contribution < 1.29 is 0 Å². The third-order valence-electron chi connectivity index (χ3n) is 2.41. The molecule has 66 valence electrons. The van der Waals surface area contributed by atoms with Crippen LogP contribution in [0.3, 0.4) is 0 Å². The van der Waals surface area contributed by atoms with Gasteiger partial charge in [0.15, 0.2) is 0 Å². The van der Waals surface area contributed by atoms with E-state index in [0.29, 0.717) is 6.04 Å². The molecule has 0 radical (unpaired) electrons. The second-order valence-electron chi connectivity index (χ2n) is 3.50. The van der Waals surface area contributed by atoms with E-state index < -0.39 is 0 Å². The lowest BCUT2D eigenvalue weighted by Gasteiger charge is -2.21. The van der Waals surface area contributed by atoms with Crippen molar-refractivity contribution in [3.8, 4) is 0 Å². The van der Waals surface area contributed by atoms with Gasteiger partial charge < -0.3 is 4.90 Å². The SMILES string of the molecule is Cc1ccccc1C(C)N(C)C. The molecule has 0 aliphatic heterocycles. The van der Waals surface area contributed by atoms with E-state index in [2.05, 4.69) is 57.1 Å². The molecule has 0 saturated carbocycles. The largest absolute Gasteiger partial charge is 0.303 e. The maximum atomic E-state index is 2.22. The Balaban J connectivity index is 2.94. The second kappa shape index (κ2) is 3.72. The third-order valence-corrected chi connectivity index (χ3v) is 2.41. The van der Waals surface area contributed by atoms with E-state index in [-0.39, 0.29) is 0 Å². The summed E-state index contributed by atoms with van der Waals surface area (Å²) in [5.74, 6) is 0. The zero-order valence-electron chi connectivity index (χ0n) is 8.33. The van der Waals surface area contributed by atoms with Gasteiger partial charge in [-0.2, -0.15) is 0 Å². The second-order valence-corrected chi connectivity index (χ2v) is 3.50. The smallest absolute Gasteiger partial charge is 0.0316 e. The average molecular weight is 163 g/mol. The van der Waals surface area contributed by atoms with Crippen molar-refractivity contribution in [1.82, 2.24) is 4.90 Å². The van der Waals surface area contributed by atoms with E-state index in [1.54, 1.807) is 0 Å². The Morgan fingerprint density at radius 1 is 1.17 bits per heavy atom. The number of benzene rings is 1. The van der Waals surface area contributed by atoms with Gasteiger partial charge in [0, 0.05) is 6.04 Å². The molecule has 0 N–H and O–H groups in total. The van der Waals surface area contributed by atoms with Gasteiger partial charge in [0.25, 0.3) is 0 Å². The molecule has 0 fully saturated rings. The molecule has 0 spiro atoms. The highest BCUT2D eigenvalue weighted by Gasteiger charge is 2.08. The molecule has 0 amide bonds. The summed E-state index contributed by atoms with van der Waals surface area (Å²) in [7, 11) is 4.22.